The monoisotopic (exact) mass is 438 g/mol. The molecule has 1 heterocycles. The van der Waals surface area contributed by atoms with Gasteiger partial charge in [-0.3, -0.25) is 9.59 Å². The van der Waals surface area contributed by atoms with Gasteiger partial charge in [-0.05, 0) is 55.7 Å². The molecule has 2 aromatic rings. The minimum atomic E-state index is -0.559. The van der Waals surface area contributed by atoms with E-state index in [0.717, 1.165) is 0 Å². The van der Waals surface area contributed by atoms with Crippen LogP contribution < -0.4 is 10.1 Å². The van der Waals surface area contributed by atoms with Crippen LogP contribution in [-0.4, -0.2) is 43.0 Å². The van der Waals surface area contributed by atoms with Crippen molar-refractivity contribution in [1.29, 1.82) is 0 Å². The zero-order valence-corrected chi connectivity index (χ0v) is 17.2. The lowest BCUT2D eigenvalue weighted by Gasteiger charge is -2.23. The van der Waals surface area contributed by atoms with Crippen molar-refractivity contribution in [1.82, 2.24) is 10.2 Å². The molecule has 0 aromatic heterocycles. The van der Waals surface area contributed by atoms with E-state index in [-0.39, 0.29) is 16.8 Å². The maximum atomic E-state index is 13.4. The lowest BCUT2D eigenvalue weighted by atomic mass is 10.1. The van der Waals surface area contributed by atoms with Crippen molar-refractivity contribution in [3.63, 3.8) is 0 Å². The molecule has 0 bridgehead atoms. The summed E-state index contributed by atoms with van der Waals surface area (Å²) >= 11 is 11.8. The molecule has 1 aliphatic rings. The third-order valence-corrected chi connectivity index (χ3v) is 5.14. The highest BCUT2D eigenvalue weighted by atomic mass is 35.5. The van der Waals surface area contributed by atoms with E-state index in [9.17, 15) is 14.0 Å². The number of nitrogens with zero attached hydrogens (tertiary/aromatic N) is 1. The molecular formula is C21H21Cl2FN2O3. The van der Waals surface area contributed by atoms with Gasteiger partial charge < -0.3 is 15.0 Å². The van der Waals surface area contributed by atoms with E-state index in [1.807, 2.05) is 0 Å². The number of fused-ring (bicyclic) bond motifs is 1. The Morgan fingerprint density at radius 3 is 2.66 bits per heavy atom. The molecule has 154 valence electrons. The molecular weight excluding hydrogens is 418 g/mol. The molecule has 0 saturated carbocycles. The molecule has 5 nitrogen and oxygen atoms in total. The molecule has 8 heteroatoms. The third-order valence-electron chi connectivity index (χ3n) is 4.61. The summed E-state index contributed by atoms with van der Waals surface area (Å²) in [5.41, 5.74) is 0.737. The first-order valence-electron chi connectivity index (χ1n) is 9.40. The zero-order valence-electron chi connectivity index (χ0n) is 15.7. The van der Waals surface area contributed by atoms with Crippen LogP contribution in [0.4, 0.5) is 4.39 Å². The van der Waals surface area contributed by atoms with E-state index in [2.05, 4.69) is 5.32 Å². The van der Waals surface area contributed by atoms with Gasteiger partial charge in [0.25, 0.3) is 11.8 Å². The fraction of sp³-hybridized carbons (Fsp3) is 0.333. The van der Waals surface area contributed by atoms with Gasteiger partial charge in [-0.15, -0.1) is 0 Å². The summed E-state index contributed by atoms with van der Waals surface area (Å²) < 4.78 is 19.2. The Bertz CT molecular complexity index is 907. The number of amides is 2. The minimum absolute atomic E-state index is 0.0806. The van der Waals surface area contributed by atoms with Gasteiger partial charge >= 0.3 is 0 Å². The van der Waals surface area contributed by atoms with Gasteiger partial charge in [0.1, 0.15) is 11.6 Å². The second-order valence-electron chi connectivity index (χ2n) is 6.73. The molecule has 0 atom stereocenters. The summed E-state index contributed by atoms with van der Waals surface area (Å²) in [6.07, 6.45) is 1.99. The van der Waals surface area contributed by atoms with E-state index < -0.39 is 5.82 Å². The second-order valence-corrected chi connectivity index (χ2v) is 7.57. The predicted octanol–water partition coefficient (Wildman–Crippen LogP) is 4.57. The van der Waals surface area contributed by atoms with E-state index in [4.69, 9.17) is 27.9 Å². The molecule has 0 fully saturated rings. The molecule has 1 N–H and O–H groups in total. The van der Waals surface area contributed by atoms with Gasteiger partial charge in [-0.2, -0.15) is 0 Å². The highest BCUT2D eigenvalue weighted by Gasteiger charge is 2.18. The van der Waals surface area contributed by atoms with Crippen LogP contribution in [0.2, 0.25) is 10.0 Å². The molecule has 1 aliphatic heterocycles. The fourth-order valence-electron chi connectivity index (χ4n) is 3.09. The summed E-state index contributed by atoms with van der Waals surface area (Å²) in [6, 6.07) is 8.88. The average Bonchev–Trinajstić information content (AvgIpc) is 2.72. The zero-order chi connectivity index (χ0) is 20.8. The second kappa shape index (κ2) is 9.94. The number of carbonyl (C=O) groups is 2. The number of hydrogen-bond acceptors (Lipinski definition) is 3. The highest BCUT2D eigenvalue weighted by Crippen LogP contribution is 2.23. The molecule has 0 aliphatic carbocycles. The Kier molecular flexibility index (Phi) is 7.34. The number of halogens is 3. The molecule has 29 heavy (non-hydrogen) atoms. The molecule has 0 spiro atoms. The first kappa shape index (κ1) is 21.4. The largest absolute Gasteiger partial charge is 0.493 e. The number of hydrogen-bond donors (Lipinski definition) is 1. The van der Waals surface area contributed by atoms with Crippen LogP contribution in [0, 0.1) is 5.82 Å². The topological polar surface area (TPSA) is 58.6 Å². The lowest BCUT2D eigenvalue weighted by molar-refractivity contribution is 0.0743. The lowest BCUT2D eigenvalue weighted by Crippen LogP contribution is -2.34. The van der Waals surface area contributed by atoms with Crippen molar-refractivity contribution >= 4 is 35.0 Å². The standard InChI is InChI=1S/C21H21Cl2FN2O3/c22-15-5-7-19-16(13-15)20(27)25-8-1-2-9-26(10-3-11-29-19)21(28)14-4-6-18(24)17(23)12-14/h4-7,12-13H,1-3,8-11H2,(H,25,27). The van der Waals surface area contributed by atoms with Crippen molar-refractivity contribution in [3.05, 3.63) is 63.4 Å². The van der Waals surface area contributed by atoms with Crippen molar-refractivity contribution in [2.24, 2.45) is 0 Å². The van der Waals surface area contributed by atoms with Gasteiger partial charge in [0, 0.05) is 30.2 Å². The van der Waals surface area contributed by atoms with Crippen LogP contribution in [0.5, 0.6) is 5.75 Å². The third kappa shape index (κ3) is 5.61. The summed E-state index contributed by atoms with van der Waals surface area (Å²) in [5.74, 6) is -0.556. The van der Waals surface area contributed by atoms with Crippen LogP contribution in [0.3, 0.4) is 0 Å². The highest BCUT2D eigenvalue weighted by molar-refractivity contribution is 6.31. The fourth-order valence-corrected chi connectivity index (χ4v) is 3.45. The van der Waals surface area contributed by atoms with Gasteiger partial charge in [-0.25, -0.2) is 4.39 Å². The normalized spacial score (nSPS) is 15.8. The van der Waals surface area contributed by atoms with Crippen LogP contribution >= 0.6 is 23.2 Å². The summed E-state index contributed by atoms with van der Waals surface area (Å²) in [6.45, 7) is 1.78. The van der Waals surface area contributed by atoms with Gasteiger partial charge in [-0.1, -0.05) is 23.2 Å². The minimum Gasteiger partial charge on any atom is -0.493 e. The summed E-state index contributed by atoms with van der Waals surface area (Å²) in [4.78, 5) is 27.0. The molecule has 2 aromatic carbocycles. The van der Waals surface area contributed by atoms with E-state index in [1.165, 1.54) is 18.2 Å². The Hall–Kier alpha value is -2.31. The Morgan fingerprint density at radius 1 is 1.07 bits per heavy atom. The quantitative estimate of drug-likeness (QED) is 0.709. The Morgan fingerprint density at radius 2 is 1.86 bits per heavy atom. The number of nitrogens with one attached hydrogen (secondary N) is 1. The van der Waals surface area contributed by atoms with Crippen LogP contribution in [0.15, 0.2) is 36.4 Å². The Labute approximate surface area is 178 Å². The van der Waals surface area contributed by atoms with Crippen LogP contribution in [-0.2, 0) is 0 Å². The van der Waals surface area contributed by atoms with Crippen molar-refractivity contribution in [3.8, 4) is 5.75 Å². The van der Waals surface area contributed by atoms with Gasteiger partial charge in [0.2, 0.25) is 0 Å². The van der Waals surface area contributed by atoms with E-state index in [1.54, 1.807) is 23.1 Å². The molecule has 0 radical (unpaired) electrons. The number of rotatable bonds is 1. The van der Waals surface area contributed by atoms with Crippen molar-refractivity contribution in [2.45, 2.75) is 19.3 Å². The first-order chi connectivity index (χ1) is 14.0. The summed E-state index contributed by atoms with van der Waals surface area (Å²) in [5, 5.41) is 3.23. The number of benzene rings is 2. The molecule has 3 rings (SSSR count). The Balaban J connectivity index is 1.73. The van der Waals surface area contributed by atoms with Gasteiger partial charge in [0.15, 0.2) is 0 Å². The van der Waals surface area contributed by atoms with Crippen molar-refractivity contribution < 1.29 is 18.7 Å². The van der Waals surface area contributed by atoms with Crippen molar-refractivity contribution in [2.75, 3.05) is 26.2 Å². The average molecular weight is 439 g/mol. The number of carbonyl (C=O) groups excluding carboxylic acids is 2. The molecule has 0 unspecified atom stereocenters. The predicted molar refractivity (Wildman–Crippen MR) is 110 cm³/mol. The maximum Gasteiger partial charge on any atom is 0.255 e. The van der Waals surface area contributed by atoms with E-state index >= 15 is 0 Å². The molecule has 2 amide bonds. The maximum absolute atomic E-state index is 13.4. The first-order valence-corrected chi connectivity index (χ1v) is 10.2. The van der Waals surface area contributed by atoms with Gasteiger partial charge in [0.05, 0.1) is 17.2 Å². The molecule has 0 saturated heterocycles. The SMILES string of the molecule is O=C1NCCCCN(C(=O)c2ccc(F)c(Cl)c2)CCCOc2ccc(Cl)cc21. The van der Waals surface area contributed by atoms with Crippen LogP contribution in [0.25, 0.3) is 0 Å². The van der Waals surface area contributed by atoms with E-state index in [0.29, 0.717) is 67.4 Å². The summed E-state index contributed by atoms with van der Waals surface area (Å²) in [7, 11) is 0. The number of ether oxygens (including phenoxy) is 1. The smallest absolute Gasteiger partial charge is 0.255 e. The van der Waals surface area contributed by atoms with Crippen LogP contribution in [0.1, 0.15) is 40.0 Å².